The zero-order valence-electron chi connectivity index (χ0n) is 6.26. The first-order valence-corrected chi connectivity index (χ1v) is 3.50. The second-order valence-corrected chi connectivity index (χ2v) is 2.64. The Morgan fingerprint density at radius 2 is 2.18 bits per heavy atom. The average Bonchev–Trinajstić information content (AvgIpc) is 1.85. The van der Waals surface area contributed by atoms with Crippen LogP contribution in [0.15, 0.2) is 6.07 Å². The molecule has 3 nitrogen and oxygen atoms in total. The lowest BCUT2D eigenvalue weighted by Gasteiger charge is -1.97. The van der Waals surface area contributed by atoms with Crippen LogP contribution in [0.3, 0.4) is 0 Å². The number of Topliss-reactive ketones (excluding diaryl/α,β-unsaturated/α-hetero) is 1. The molecule has 0 bridgehead atoms. The van der Waals surface area contributed by atoms with E-state index in [9.17, 15) is 4.79 Å². The quantitative estimate of drug-likeness (QED) is 0.602. The Balaban J connectivity index is 3.20. The molecule has 0 spiro atoms. The first-order chi connectivity index (χ1) is 5.11. The Bertz CT molecular complexity index is 298. The summed E-state index contributed by atoms with van der Waals surface area (Å²) < 4.78 is 0. The van der Waals surface area contributed by atoms with E-state index >= 15 is 0 Å². The minimum Gasteiger partial charge on any atom is -0.293 e. The highest BCUT2D eigenvalue weighted by atomic mass is 35.5. The third-order valence-electron chi connectivity index (χ3n) is 1.29. The van der Waals surface area contributed by atoms with Gasteiger partial charge in [0.1, 0.15) is 5.69 Å². The van der Waals surface area contributed by atoms with Crippen LogP contribution >= 0.6 is 11.6 Å². The number of ketones is 1. The molecule has 0 aliphatic rings. The Morgan fingerprint density at radius 3 is 2.64 bits per heavy atom. The van der Waals surface area contributed by atoms with E-state index in [0.717, 1.165) is 5.56 Å². The second kappa shape index (κ2) is 2.96. The summed E-state index contributed by atoms with van der Waals surface area (Å²) in [6.07, 6.45) is 0. The molecule has 1 aromatic rings. The van der Waals surface area contributed by atoms with E-state index in [1.165, 1.54) is 6.92 Å². The zero-order chi connectivity index (χ0) is 8.43. The number of nitrogens with zero attached hydrogens (tertiary/aromatic N) is 2. The summed E-state index contributed by atoms with van der Waals surface area (Å²) in [5.74, 6) is -0.0910. The van der Waals surface area contributed by atoms with Crippen LogP contribution in [0.2, 0.25) is 5.15 Å². The van der Waals surface area contributed by atoms with Crippen molar-refractivity contribution in [1.29, 1.82) is 0 Å². The highest BCUT2D eigenvalue weighted by molar-refractivity contribution is 6.29. The Hall–Kier alpha value is -0.960. The van der Waals surface area contributed by atoms with E-state index in [1.54, 1.807) is 13.0 Å². The number of carbonyl (C=O) groups is 1. The van der Waals surface area contributed by atoms with Gasteiger partial charge < -0.3 is 0 Å². The fourth-order valence-electron chi connectivity index (χ4n) is 0.801. The minimum atomic E-state index is -0.0910. The van der Waals surface area contributed by atoms with Gasteiger partial charge >= 0.3 is 0 Å². The summed E-state index contributed by atoms with van der Waals surface area (Å²) in [7, 11) is 0. The molecule has 0 aliphatic carbocycles. The van der Waals surface area contributed by atoms with Crippen LogP contribution in [-0.2, 0) is 0 Å². The zero-order valence-corrected chi connectivity index (χ0v) is 7.01. The maximum Gasteiger partial charge on any atom is 0.180 e. The van der Waals surface area contributed by atoms with Crippen LogP contribution in [0, 0.1) is 6.92 Å². The van der Waals surface area contributed by atoms with Gasteiger partial charge in [-0.3, -0.25) is 4.79 Å². The number of halogens is 1. The first-order valence-electron chi connectivity index (χ1n) is 3.12. The van der Waals surface area contributed by atoms with Crippen molar-refractivity contribution in [2.75, 3.05) is 0 Å². The lowest BCUT2D eigenvalue weighted by molar-refractivity contribution is 0.101. The van der Waals surface area contributed by atoms with Crippen LogP contribution in [0.1, 0.15) is 23.0 Å². The Morgan fingerprint density at radius 1 is 1.55 bits per heavy atom. The van der Waals surface area contributed by atoms with E-state index < -0.39 is 0 Å². The molecule has 0 amide bonds. The molecule has 58 valence electrons. The standard InChI is InChI=1S/C7H7ClN2O/c1-4-3-6(8)9-10-7(4)5(2)11/h3H,1-2H3. The monoisotopic (exact) mass is 170 g/mol. The van der Waals surface area contributed by atoms with Gasteiger partial charge in [0, 0.05) is 6.92 Å². The van der Waals surface area contributed by atoms with Crippen molar-refractivity contribution in [3.8, 4) is 0 Å². The molecule has 11 heavy (non-hydrogen) atoms. The topological polar surface area (TPSA) is 42.9 Å². The van der Waals surface area contributed by atoms with Gasteiger partial charge in [-0.25, -0.2) is 0 Å². The van der Waals surface area contributed by atoms with Crippen molar-refractivity contribution in [2.45, 2.75) is 13.8 Å². The molecule has 0 radical (unpaired) electrons. The summed E-state index contributed by atoms with van der Waals surface area (Å²) in [5.41, 5.74) is 1.15. The van der Waals surface area contributed by atoms with Crippen molar-refractivity contribution < 1.29 is 4.79 Å². The molecular weight excluding hydrogens is 164 g/mol. The van der Waals surface area contributed by atoms with Crippen LogP contribution in [0.25, 0.3) is 0 Å². The van der Waals surface area contributed by atoms with E-state index in [-0.39, 0.29) is 5.78 Å². The molecule has 1 rings (SSSR count). The van der Waals surface area contributed by atoms with Crippen LogP contribution in [0.4, 0.5) is 0 Å². The van der Waals surface area contributed by atoms with E-state index in [2.05, 4.69) is 10.2 Å². The normalized spacial score (nSPS) is 9.73. The fourth-order valence-corrected chi connectivity index (χ4v) is 1.00. The average molecular weight is 171 g/mol. The van der Waals surface area contributed by atoms with Gasteiger partial charge in [0.05, 0.1) is 0 Å². The predicted molar refractivity (Wildman–Crippen MR) is 41.8 cm³/mol. The third kappa shape index (κ3) is 1.74. The van der Waals surface area contributed by atoms with Gasteiger partial charge in [-0.05, 0) is 18.6 Å². The van der Waals surface area contributed by atoms with Crippen molar-refractivity contribution >= 4 is 17.4 Å². The molecule has 0 atom stereocenters. The lowest BCUT2D eigenvalue weighted by atomic mass is 10.2. The van der Waals surface area contributed by atoms with Crippen LogP contribution in [0.5, 0.6) is 0 Å². The van der Waals surface area contributed by atoms with Crippen molar-refractivity contribution in [1.82, 2.24) is 10.2 Å². The minimum absolute atomic E-state index is 0.0910. The van der Waals surface area contributed by atoms with E-state index in [0.29, 0.717) is 10.8 Å². The number of hydrogen-bond acceptors (Lipinski definition) is 3. The number of rotatable bonds is 1. The van der Waals surface area contributed by atoms with Gasteiger partial charge in [0.25, 0.3) is 0 Å². The largest absolute Gasteiger partial charge is 0.293 e. The maximum absolute atomic E-state index is 10.8. The molecule has 1 heterocycles. The number of carbonyl (C=O) groups excluding carboxylic acids is 1. The summed E-state index contributed by atoms with van der Waals surface area (Å²) in [6, 6.07) is 1.62. The Labute approximate surface area is 69.4 Å². The second-order valence-electron chi connectivity index (χ2n) is 2.25. The van der Waals surface area contributed by atoms with Gasteiger partial charge in [-0.15, -0.1) is 10.2 Å². The van der Waals surface area contributed by atoms with Crippen LogP contribution in [-0.4, -0.2) is 16.0 Å². The summed E-state index contributed by atoms with van der Waals surface area (Å²) in [5, 5.41) is 7.51. The first kappa shape index (κ1) is 8.14. The van der Waals surface area contributed by atoms with Crippen molar-refractivity contribution in [2.24, 2.45) is 0 Å². The number of aryl methyl sites for hydroxylation is 1. The third-order valence-corrected chi connectivity index (χ3v) is 1.47. The van der Waals surface area contributed by atoms with Crippen molar-refractivity contribution in [3.05, 3.63) is 22.5 Å². The van der Waals surface area contributed by atoms with E-state index in [4.69, 9.17) is 11.6 Å². The molecule has 0 fully saturated rings. The summed E-state index contributed by atoms with van der Waals surface area (Å²) >= 11 is 5.54. The van der Waals surface area contributed by atoms with E-state index in [1.807, 2.05) is 0 Å². The molecular formula is C7H7ClN2O. The molecule has 0 N–H and O–H groups in total. The van der Waals surface area contributed by atoms with Gasteiger partial charge in [0.2, 0.25) is 0 Å². The van der Waals surface area contributed by atoms with Gasteiger partial charge in [0.15, 0.2) is 10.9 Å². The molecule has 0 saturated heterocycles. The van der Waals surface area contributed by atoms with Gasteiger partial charge in [-0.2, -0.15) is 0 Å². The molecule has 1 aromatic heterocycles. The lowest BCUT2D eigenvalue weighted by Crippen LogP contribution is -2.01. The van der Waals surface area contributed by atoms with Crippen molar-refractivity contribution in [3.63, 3.8) is 0 Å². The molecule has 4 heteroatoms. The number of aromatic nitrogens is 2. The predicted octanol–water partition coefficient (Wildman–Crippen LogP) is 1.64. The molecule has 0 aliphatic heterocycles. The molecule has 0 unspecified atom stereocenters. The summed E-state index contributed by atoms with van der Waals surface area (Å²) in [4.78, 5) is 10.8. The van der Waals surface area contributed by atoms with Gasteiger partial charge in [-0.1, -0.05) is 11.6 Å². The highest BCUT2D eigenvalue weighted by Crippen LogP contribution is 2.09. The smallest absolute Gasteiger partial charge is 0.180 e. The molecule has 0 aromatic carbocycles. The Kier molecular flexibility index (Phi) is 2.19. The molecule has 0 saturated carbocycles. The fraction of sp³-hybridized carbons (Fsp3) is 0.286. The number of hydrogen-bond donors (Lipinski definition) is 0. The maximum atomic E-state index is 10.8. The highest BCUT2D eigenvalue weighted by Gasteiger charge is 2.05. The summed E-state index contributed by atoms with van der Waals surface area (Å²) in [6.45, 7) is 3.22. The van der Waals surface area contributed by atoms with Crippen LogP contribution < -0.4 is 0 Å². The SMILES string of the molecule is CC(=O)c1nnc(Cl)cc1C.